The number of ether oxygens (including phenoxy) is 1. The molecule has 0 aliphatic carbocycles. The second kappa shape index (κ2) is 11.7. The summed E-state index contributed by atoms with van der Waals surface area (Å²) in [7, 11) is 1.56. The highest BCUT2D eigenvalue weighted by molar-refractivity contribution is 5.92. The molecule has 0 aliphatic rings. The lowest BCUT2D eigenvalue weighted by molar-refractivity contribution is -0.120. The van der Waals surface area contributed by atoms with Gasteiger partial charge in [0.15, 0.2) is 0 Å². The van der Waals surface area contributed by atoms with Crippen LogP contribution in [0.1, 0.15) is 16.7 Å². The molecule has 0 radical (unpaired) electrons. The van der Waals surface area contributed by atoms with Gasteiger partial charge in [-0.2, -0.15) is 0 Å². The van der Waals surface area contributed by atoms with Crippen LogP contribution in [0, 0.1) is 13.8 Å². The van der Waals surface area contributed by atoms with Gasteiger partial charge < -0.3 is 15.4 Å². The molecule has 0 aliphatic heterocycles. The van der Waals surface area contributed by atoms with E-state index in [1.54, 1.807) is 55.6 Å². The van der Waals surface area contributed by atoms with Crippen LogP contribution in [-0.4, -0.2) is 41.2 Å². The standard InChI is InChI=1S/C29H30N4O5/c1-19-8-9-20(2)24(16-19)31-27(35)18-32-25-7-5-4-6-23(25)28(36)33(29(32)37)22-12-10-21(11-13-22)17-26(34)30-14-15-38-3/h4-13,16H,14-15,17-18H2,1-3H3,(H,30,34)(H,31,35). The van der Waals surface area contributed by atoms with Crippen LogP contribution in [0.5, 0.6) is 0 Å². The van der Waals surface area contributed by atoms with Crippen LogP contribution in [0.15, 0.2) is 76.3 Å². The van der Waals surface area contributed by atoms with Crippen LogP contribution >= 0.6 is 0 Å². The Labute approximate surface area is 219 Å². The minimum Gasteiger partial charge on any atom is -0.383 e. The van der Waals surface area contributed by atoms with Crippen molar-refractivity contribution in [3.8, 4) is 5.69 Å². The Balaban J connectivity index is 1.67. The second-order valence-electron chi connectivity index (χ2n) is 9.08. The van der Waals surface area contributed by atoms with E-state index in [-0.39, 0.29) is 24.8 Å². The fourth-order valence-electron chi connectivity index (χ4n) is 4.21. The number of rotatable bonds is 9. The highest BCUT2D eigenvalue weighted by atomic mass is 16.5. The van der Waals surface area contributed by atoms with E-state index in [0.29, 0.717) is 35.4 Å². The summed E-state index contributed by atoms with van der Waals surface area (Å²) in [6, 6.07) is 19.1. The first-order valence-corrected chi connectivity index (χ1v) is 12.2. The van der Waals surface area contributed by atoms with Gasteiger partial charge in [0.2, 0.25) is 11.8 Å². The molecule has 0 bridgehead atoms. The zero-order valence-corrected chi connectivity index (χ0v) is 21.6. The zero-order valence-electron chi connectivity index (χ0n) is 21.6. The molecular weight excluding hydrogens is 484 g/mol. The van der Waals surface area contributed by atoms with Crippen LogP contribution in [0.2, 0.25) is 0 Å². The summed E-state index contributed by atoms with van der Waals surface area (Å²) in [4.78, 5) is 52.0. The van der Waals surface area contributed by atoms with E-state index < -0.39 is 11.2 Å². The molecule has 1 heterocycles. The number of methoxy groups -OCH3 is 1. The van der Waals surface area contributed by atoms with E-state index >= 15 is 0 Å². The average Bonchev–Trinajstić information content (AvgIpc) is 2.90. The third-order valence-electron chi connectivity index (χ3n) is 6.21. The summed E-state index contributed by atoms with van der Waals surface area (Å²) >= 11 is 0. The van der Waals surface area contributed by atoms with Crippen molar-refractivity contribution >= 4 is 28.4 Å². The topological polar surface area (TPSA) is 111 Å². The van der Waals surface area contributed by atoms with Gasteiger partial charge in [-0.3, -0.25) is 19.0 Å². The van der Waals surface area contributed by atoms with E-state index in [1.807, 2.05) is 32.0 Å². The molecule has 3 aromatic carbocycles. The van der Waals surface area contributed by atoms with Gasteiger partial charge in [-0.1, -0.05) is 36.4 Å². The number of hydrogen-bond acceptors (Lipinski definition) is 5. The number of para-hydroxylation sites is 1. The molecule has 4 rings (SSSR count). The number of carbonyl (C=O) groups excluding carboxylic acids is 2. The molecule has 0 saturated heterocycles. The predicted octanol–water partition coefficient (Wildman–Crippen LogP) is 2.71. The smallest absolute Gasteiger partial charge is 0.336 e. The van der Waals surface area contributed by atoms with Gasteiger partial charge in [-0.15, -0.1) is 0 Å². The molecule has 0 fully saturated rings. The number of benzene rings is 3. The molecule has 196 valence electrons. The van der Waals surface area contributed by atoms with Crippen molar-refractivity contribution in [3.63, 3.8) is 0 Å². The van der Waals surface area contributed by atoms with Crippen molar-refractivity contribution in [2.75, 3.05) is 25.6 Å². The lowest BCUT2D eigenvalue weighted by Gasteiger charge is -2.15. The van der Waals surface area contributed by atoms with E-state index in [4.69, 9.17) is 4.74 Å². The third kappa shape index (κ3) is 5.90. The Kier molecular flexibility index (Phi) is 8.18. The lowest BCUT2D eigenvalue weighted by Crippen LogP contribution is -2.40. The number of amides is 2. The van der Waals surface area contributed by atoms with Gasteiger partial charge in [-0.05, 0) is 60.9 Å². The number of nitrogens with one attached hydrogen (secondary N) is 2. The molecule has 38 heavy (non-hydrogen) atoms. The van der Waals surface area contributed by atoms with Crippen LogP contribution in [0.25, 0.3) is 16.6 Å². The maximum absolute atomic E-state index is 13.6. The largest absolute Gasteiger partial charge is 0.383 e. The molecule has 0 spiro atoms. The predicted molar refractivity (Wildman–Crippen MR) is 147 cm³/mol. The molecular formula is C29H30N4O5. The first-order valence-electron chi connectivity index (χ1n) is 12.2. The molecule has 1 aromatic heterocycles. The highest BCUT2D eigenvalue weighted by Crippen LogP contribution is 2.17. The molecule has 2 N–H and O–H groups in total. The number of aromatic nitrogens is 2. The van der Waals surface area contributed by atoms with Crippen molar-refractivity contribution in [2.45, 2.75) is 26.8 Å². The molecule has 0 atom stereocenters. The fourth-order valence-corrected chi connectivity index (χ4v) is 4.21. The maximum atomic E-state index is 13.6. The van der Waals surface area contributed by atoms with Crippen molar-refractivity contribution in [2.24, 2.45) is 0 Å². The number of fused-ring (bicyclic) bond motifs is 1. The second-order valence-corrected chi connectivity index (χ2v) is 9.08. The van der Waals surface area contributed by atoms with Gasteiger partial charge >= 0.3 is 5.69 Å². The highest BCUT2D eigenvalue weighted by Gasteiger charge is 2.17. The van der Waals surface area contributed by atoms with Crippen molar-refractivity contribution in [3.05, 3.63) is 104 Å². The van der Waals surface area contributed by atoms with Crippen LogP contribution in [0.4, 0.5) is 5.69 Å². The van der Waals surface area contributed by atoms with Gasteiger partial charge in [-0.25, -0.2) is 9.36 Å². The van der Waals surface area contributed by atoms with Gasteiger partial charge in [0.05, 0.1) is 29.6 Å². The molecule has 0 saturated carbocycles. The number of carbonyl (C=O) groups is 2. The number of nitrogens with zero attached hydrogens (tertiary/aromatic N) is 2. The Hall–Kier alpha value is -4.50. The van der Waals surface area contributed by atoms with E-state index in [0.717, 1.165) is 21.3 Å². The van der Waals surface area contributed by atoms with Crippen molar-refractivity contribution < 1.29 is 14.3 Å². The number of anilines is 1. The normalized spacial score (nSPS) is 10.9. The van der Waals surface area contributed by atoms with E-state index in [2.05, 4.69) is 10.6 Å². The molecule has 9 heteroatoms. The summed E-state index contributed by atoms with van der Waals surface area (Å²) in [5.41, 5.74) is 2.90. The molecule has 9 nitrogen and oxygen atoms in total. The Morgan fingerprint density at radius 3 is 2.39 bits per heavy atom. The average molecular weight is 515 g/mol. The van der Waals surface area contributed by atoms with E-state index in [1.165, 1.54) is 4.57 Å². The zero-order chi connectivity index (χ0) is 27.2. The Bertz CT molecular complexity index is 1600. The maximum Gasteiger partial charge on any atom is 0.336 e. The molecule has 4 aromatic rings. The monoisotopic (exact) mass is 514 g/mol. The summed E-state index contributed by atoms with van der Waals surface area (Å²) in [6.45, 7) is 4.39. The van der Waals surface area contributed by atoms with E-state index in [9.17, 15) is 19.2 Å². The van der Waals surface area contributed by atoms with Crippen LogP contribution < -0.4 is 21.9 Å². The minimum absolute atomic E-state index is 0.152. The Morgan fingerprint density at radius 1 is 0.921 bits per heavy atom. The molecule has 0 unspecified atom stereocenters. The number of aryl methyl sites for hydroxylation is 2. The van der Waals surface area contributed by atoms with Gasteiger partial charge in [0, 0.05) is 19.3 Å². The van der Waals surface area contributed by atoms with Crippen molar-refractivity contribution in [1.29, 1.82) is 0 Å². The summed E-state index contributed by atoms with van der Waals surface area (Å²) in [6.07, 6.45) is 0.152. The number of hydrogen-bond donors (Lipinski definition) is 2. The quantitative estimate of drug-likeness (QED) is 0.334. The lowest BCUT2D eigenvalue weighted by atomic mass is 10.1. The van der Waals surface area contributed by atoms with Crippen LogP contribution in [0.3, 0.4) is 0 Å². The third-order valence-corrected chi connectivity index (χ3v) is 6.21. The van der Waals surface area contributed by atoms with Gasteiger partial charge in [0.25, 0.3) is 5.56 Å². The fraction of sp³-hybridized carbons (Fsp3) is 0.241. The first-order chi connectivity index (χ1) is 18.3. The SMILES string of the molecule is COCCNC(=O)Cc1ccc(-n2c(=O)c3ccccc3n(CC(=O)Nc3cc(C)ccc3C)c2=O)cc1. The summed E-state index contributed by atoms with van der Waals surface area (Å²) < 4.78 is 7.28. The Morgan fingerprint density at radius 2 is 1.66 bits per heavy atom. The summed E-state index contributed by atoms with van der Waals surface area (Å²) in [5, 5.41) is 5.95. The minimum atomic E-state index is -0.630. The first kappa shape index (κ1) is 26.6. The van der Waals surface area contributed by atoms with Crippen molar-refractivity contribution in [1.82, 2.24) is 14.5 Å². The van der Waals surface area contributed by atoms with Crippen LogP contribution in [-0.2, 0) is 27.3 Å². The summed E-state index contributed by atoms with van der Waals surface area (Å²) in [5.74, 6) is -0.541. The van der Waals surface area contributed by atoms with Gasteiger partial charge in [0.1, 0.15) is 6.54 Å². The molecule has 2 amide bonds.